The quantitative estimate of drug-likeness (QED) is 0.131. The van der Waals surface area contributed by atoms with Gasteiger partial charge in [-0.15, -0.1) is 0 Å². The first kappa shape index (κ1) is 32.7. The fourth-order valence-electron chi connectivity index (χ4n) is 2.34. The molecule has 0 unspecified atom stereocenters. The Kier molecular flexibility index (Phi) is 17.4. The van der Waals surface area contributed by atoms with Gasteiger partial charge in [-0.1, -0.05) is 95.3 Å². The number of halogens is 6. The molecule has 2 aromatic carbocycles. The minimum atomic E-state index is -0.740. The van der Waals surface area contributed by atoms with E-state index in [1.54, 1.807) is 0 Å². The van der Waals surface area contributed by atoms with Gasteiger partial charge in [-0.3, -0.25) is 9.59 Å². The molecule has 34 heavy (non-hydrogen) atoms. The van der Waals surface area contributed by atoms with Crippen LogP contribution < -0.4 is 11.5 Å². The predicted molar refractivity (Wildman–Crippen MR) is 144 cm³/mol. The van der Waals surface area contributed by atoms with Gasteiger partial charge in [-0.2, -0.15) is 0 Å². The Balaban J connectivity index is 0.000000489. The van der Waals surface area contributed by atoms with Crippen LogP contribution in [0.3, 0.4) is 0 Å². The summed E-state index contributed by atoms with van der Waals surface area (Å²) in [6.45, 7) is 0. The van der Waals surface area contributed by atoms with Crippen LogP contribution in [0.1, 0.15) is 51.4 Å². The maximum absolute atomic E-state index is 10.1. The van der Waals surface area contributed by atoms with E-state index in [4.69, 9.17) is 91.3 Å². The molecule has 2 rings (SSSR count). The molecule has 0 aliphatic heterocycles. The molecule has 0 saturated carbocycles. The Morgan fingerprint density at radius 1 is 0.529 bits per heavy atom. The molecule has 0 aliphatic carbocycles. The SMILES string of the molecule is Nc1cc(Cl)c(Cl)cc1Cl.Nc1cc(Cl)c(Cl)cc1Cl.O=C(O)CCCCCCCCC(=O)O. The highest BCUT2D eigenvalue weighted by Crippen LogP contribution is 2.30. The highest BCUT2D eigenvalue weighted by Gasteiger charge is 2.02. The lowest BCUT2D eigenvalue weighted by atomic mass is 10.1. The average Bonchev–Trinajstić information content (AvgIpc) is 2.73. The average molecular weight is 595 g/mol. The van der Waals surface area contributed by atoms with Crippen LogP contribution in [0, 0.1) is 0 Å². The van der Waals surface area contributed by atoms with Gasteiger partial charge in [-0.25, -0.2) is 0 Å². The van der Waals surface area contributed by atoms with Crippen molar-refractivity contribution in [2.75, 3.05) is 11.5 Å². The Hall–Kier alpha value is -1.28. The van der Waals surface area contributed by atoms with Crippen LogP contribution in [0.2, 0.25) is 30.1 Å². The number of rotatable bonds is 9. The lowest BCUT2D eigenvalue weighted by Gasteiger charge is -1.99. The highest BCUT2D eigenvalue weighted by molar-refractivity contribution is 6.44. The third-order valence-electron chi connectivity index (χ3n) is 4.11. The van der Waals surface area contributed by atoms with E-state index in [1.807, 2.05) is 0 Å². The number of hydrogen-bond acceptors (Lipinski definition) is 4. The zero-order valence-corrected chi connectivity index (χ0v) is 22.6. The summed E-state index contributed by atoms with van der Waals surface area (Å²) in [5, 5.41) is 19.2. The number of nitrogens with two attached hydrogens (primary N) is 2. The van der Waals surface area contributed by atoms with E-state index in [0.29, 0.717) is 41.5 Å². The Labute approximate surface area is 229 Å². The molecule has 2 aromatic rings. The number of carbonyl (C=O) groups is 2. The summed E-state index contributed by atoms with van der Waals surface area (Å²) in [6.07, 6.45) is 5.82. The smallest absolute Gasteiger partial charge is 0.303 e. The second-order valence-corrected chi connectivity index (χ2v) is 9.43. The van der Waals surface area contributed by atoms with Gasteiger partial charge in [0.2, 0.25) is 0 Å². The second kappa shape index (κ2) is 18.1. The summed E-state index contributed by atoms with van der Waals surface area (Å²) >= 11 is 33.7. The number of unbranched alkanes of at least 4 members (excludes halogenated alkanes) is 5. The zero-order chi connectivity index (χ0) is 26.3. The predicted octanol–water partition coefficient (Wildman–Crippen LogP) is 8.73. The monoisotopic (exact) mass is 592 g/mol. The molecule has 0 bridgehead atoms. The molecule has 0 aliphatic rings. The van der Waals surface area contributed by atoms with Crippen molar-refractivity contribution >= 4 is 92.9 Å². The molecule has 6 nitrogen and oxygen atoms in total. The third-order valence-corrected chi connectivity index (χ3v) is 6.21. The first-order valence-corrected chi connectivity index (χ1v) is 12.4. The topological polar surface area (TPSA) is 127 Å². The van der Waals surface area contributed by atoms with Crippen molar-refractivity contribution < 1.29 is 19.8 Å². The Morgan fingerprint density at radius 3 is 1.06 bits per heavy atom. The van der Waals surface area contributed by atoms with Gasteiger partial charge in [0.25, 0.3) is 0 Å². The van der Waals surface area contributed by atoms with Crippen LogP contribution in [0.15, 0.2) is 24.3 Å². The van der Waals surface area contributed by atoms with Crippen molar-refractivity contribution in [2.24, 2.45) is 0 Å². The first-order chi connectivity index (χ1) is 15.8. The van der Waals surface area contributed by atoms with Crippen molar-refractivity contribution in [3.8, 4) is 0 Å². The van der Waals surface area contributed by atoms with Gasteiger partial charge in [0.15, 0.2) is 0 Å². The van der Waals surface area contributed by atoms with E-state index in [2.05, 4.69) is 0 Å². The third kappa shape index (κ3) is 15.6. The molecular weight excluding hydrogens is 569 g/mol. The number of benzene rings is 2. The lowest BCUT2D eigenvalue weighted by molar-refractivity contribution is -0.138. The second-order valence-electron chi connectivity index (χ2n) is 6.98. The number of nitrogen functional groups attached to an aromatic ring is 2. The van der Waals surface area contributed by atoms with Gasteiger partial charge >= 0.3 is 11.9 Å². The molecule has 0 saturated heterocycles. The molecule has 0 spiro atoms. The summed E-state index contributed by atoms with van der Waals surface area (Å²) in [5.41, 5.74) is 11.7. The summed E-state index contributed by atoms with van der Waals surface area (Å²) in [5.74, 6) is -1.48. The number of anilines is 2. The van der Waals surface area contributed by atoms with E-state index in [1.165, 1.54) is 24.3 Å². The summed E-state index contributed by atoms with van der Waals surface area (Å²) in [6, 6.07) is 6.07. The lowest BCUT2D eigenvalue weighted by Crippen LogP contribution is -1.94. The first-order valence-electron chi connectivity index (χ1n) is 10.1. The molecule has 0 heterocycles. The molecule has 6 N–H and O–H groups in total. The fourth-order valence-corrected chi connectivity index (χ4v) is 3.45. The van der Waals surface area contributed by atoms with Crippen molar-refractivity contribution in [3.63, 3.8) is 0 Å². The molecule has 0 amide bonds. The van der Waals surface area contributed by atoms with Gasteiger partial charge in [0.05, 0.1) is 41.5 Å². The molecule has 12 heteroatoms. The van der Waals surface area contributed by atoms with Crippen molar-refractivity contribution in [1.82, 2.24) is 0 Å². The largest absolute Gasteiger partial charge is 0.481 e. The Bertz CT molecular complexity index is 768. The van der Waals surface area contributed by atoms with E-state index in [0.717, 1.165) is 38.5 Å². The highest BCUT2D eigenvalue weighted by atomic mass is 35.5. The number of aliphatic carboxylic acids is 2. The molecule has 0 aromatic heterocycles. The number of hydrogen-bond donors (Lipinski definition) is 4. The van der Waals surface area contributed by atoms with E-state index in [-0.39, 0.29) is 12.8 Å². The maximum atomic E-state index is 10.1. The minimum absolute atomic E-state index is 0.245. The van der Waals surface area contributed by atoms with Crippen LogP contribution in [0.4, 0.5) is 11.4 Å². The molecule has 0 fully saturated rings. The molecule has 0 atom stereocenters. The standard InChI is InChI=1S/C10H18O4.2C6H4Cl3N/c11-9(12)7-5-3-1-2-4-6-8-10(13)14;2*7-3-1-5(9)6(10)2-4(3)8/h1-8H2,(H,11,12)(H,13,14);2*1-2H,10H2. The minimum Gasteiger partial charge on any atom is -0.481 e. The molecule has 0 radical (unpaired) electrons. The molecular formula is C22H26Cl6N2O4. The number of carboxylic acids is 2. The van der Waals surface area contributed by atoms with Gasteiger partial charge < -0.3 is 21.7 Å². The van der Waals surface area contributed by atoms with Crippen molar-refractivity contribution in [1.29, 1.82) is 0 Å². The van der Waals surface area contributed by atoms with Crippen LogP contribution >= 0.6 is 69.6 Å². The number of carboxylic acid groups (broad SMARTS) is 2. The normalized spacial score (nSPS) is 9.94. The van der Waals surface area contributed by atoms with Gasteiger partial charge in [0, 0.05) is 12.8 Å². The summed E-state index contributed by atoms with van der Waals surface area (Å²) in [4.78, 5) is 20.3. The molecule has 190 valence electrons. The fraction of sp³-hybridized carbons (Fsp3) is 0.364. The van der Waals surface area contributed by atoms with Crippen LogP contribution in [-0.2, 0) is 9.59 Å². The van der Waals surface area contributed by atoms with Crippen LogP contribution in [-0.4, -0.2) is 22.2 Å². The van der Waals surface area contributed by atoms with Crippen LogP contribution in [0.25, 0.3) is 0 Å². The van der Waals surface area contributed by atoms with Gasteiger partial charge in [0.1, 0.15) is 0 Å². The van der Waals surface area contributed by atoms with Gasteiger partial charge in [-0.05, 0) is 37.1 Å². The van der Waals surface area contributed by atoms with Crippen molar-refractivity contribution in [3.05, 3.63) is 54.4 Å². The summed E-state index contributed by atoms with van der Waals surface area (Å²) < 4.78 is 0. The maximum Gasteiger partial charge on any atom is 0.303 e. The van der Waals surface area contributed by atoms with Crippen LogP contribution in [0.5, 0.6) is 0 Å². The van der Waals surface area contributed by atoms with E-state index >= 15 is 0 Å². The van der Waals surface area contributed by atoms with E-state index in [9.17, 15) is 9.59 Å². The van der Waals surface area contributed by atoms with Crippen molar-refractivity contribution in [2.45, 2.75) is 51.4 Å². The summed E-state index contributed by atoms with van der Waals surface area (Å²) in [7, 11) is 0. The Morgan fingerprint density at radius 2 is 0.794 bits per heavy atom. The van der Waals surface area contributed by atoms with E-state index < -0.39 is 11.9 Å². The zero-order valence-electron chi connectivity index (χ0n) is 18.1.